The summed E-state index contributed by atoms with van der Waals surface area (Å²) in [5.74, 6) is 1.35. The second kappa shape index (κ2) is 7.47. The maximum Gasteiger partial charge on any atom is 0.173 e. The number of hydrogen-bond donors (Lipinski definition) is 2. The minimum atomic E-state index is -0.723. The van der Waals surface area contributed by atoms with E-state index in [1.165, 1.54) is 0 Å². The summed E-state index contributed by atoms with van der Waals surface area (Å²) in [6.07, 6.45) is -0.723. The van der Waals surface area contributed by atoms with Gasteiger partial charge >= 0.3 is 0 Å². The van der Waals surface area contributed by atoms with Gasteiger partial charge in [0.05, 0.1) is 20.8 Å². The Balaban J connectivity index is 1.85. The van der Waals surface area contributed by atoms with Crippen LogP contribution in [0.15, 0.2) is 36.4 Å². The summed E-state index contributed by atoms with van der Waals surface area (Å²) in [7, 11) is 3.20. The first-order valence-electron chi connectivity index (χ1n) is 7.76. The number of thiocarbonyl (C=S) groups is 1. The van der Waals surface area contributed by atoms with E-state index in [1.54, 1.807) is 32.4 Å². The van der Waals surface area contributed by atoms with Gasteiger partial charge in [-0.15, -0.1) is 0 Å². The molecule has 25 heavy (non-hydrogen) atoms. The summed E-state index contributed by atoms with van der Waals surface area (Å²) in [6, 6.07) is 10.9. The molecule has 3 rings (SSSR count). The Morgan fingerprint density at radius 3 is 2.44 bits per heavy atom. The molecule has 2 N–H and O–H groups in total. The fourth-order valence-corrected chi connectivity index (χ4v) is 3.35. The zero-order chi connectivity index (χ0) is 18.0. The maximum atomic E-state index is 10.6. The quantitative estimate of drug-likeness (QED) is 0.796. The highest BCUT2D eigenvalue weighted by Crippen LogP contribution is 2.39. The van der Waals surface area contributed by atoms with Crippen LogP contribution in [0.1, 0.15) is 17.2 Å². The molecule has 132 valence electrons. The van der Waals surface area contributed by atoms with Crippen molar-refractivity contribution in [3.05, 3.63) is 52.5 Å². The van der Waals surface area contributed by atoms with Crippen LogP contribution in [0.25, 0.3) is 0 Å². The van der Waals surface area contributed by atoms with E-state index in [4.69, 9.17) is 33.3 Å². The van der Waals surface area contributed by atoms with Crippen LogP contribution in [0.4, 0.5) is 5.69 Å². The summed E-state index contributed by atoms with van der Waals surface area (Å²) in [6.45, 7) is 0.891. The molecule has 5 nitrogen and oxygen atoms in total. The number of nitrogens with zero attached hydrogens (tertiary/aromatic N) is 1. The summed E-state index contributed by atoms with van der Waals surface area (Å²) < 4.78 is 10.8. The summed E-state index contributed by atoms with van der Waals surface area (Å²) in [4.78, 5) is 1.90. The maximum absolute atomic E-state index is 10.6. The lowest BCUT2D eigenvalue weighted by Crippen LogP contribution is -2.41. The zero-order valence-electron chi connectivity index (χ0n) is 14.0. The number of benzene rings is 2. The summed E-state index contributed by atoms with van der Waals surface area (Å²) >= 11 is 11.4. The van der Waals surface area contributed by atoms with Crippen molar-refractivity contribution >= 4 is 34.6 Å². The van der Waals surface area contributed by atoms with Gasteiger partial charge in [0.25, 0.3) is 0 Å². The predicted molar refractivity (Wildman–Crippen MR) is 103 cm³/mol. The topological polar surface area (TPSA) is 54.0 Å². The third kappa shape index (κ3) is 3.66. The number of ether oxygens (including phenoxy) is 2. The Kier molecular flexibility index (Phi) is 5.32. The van der Waals surface area contributed by atoms with E-state index in [2.05, 4.69) is 5.32 Å². The molecule has 0 spiro atoms. The van der Waals surface area contributed by atoms with Gasteiger partial charge in [0.1, 0.15) is 17.6 Å². The molecule has 1 aliphatic rings. The molecule has 0 radical (unpaired) electrons. The Bertz CT molecular complexity index is 783. The van der Waals surface area contributed by atoms with E-state index in [0.717, 1.165) is 16.8 Å². The van der Waals surface area contributed by atoms with Gasteiger partial charge in [-0.2, -0.15) is 0 Å². The lowest BCUT2D eigenvalue weighted by atomic mass is 9.95. The van der Waals surface area contributed by atoms with Crippen LogP contribution in [-0.2, 0) is 6.54 Å². The number of methoxy groups -OCH3 is 2. The molecule has 0 aromatic heterocycles. The smallest absolute Gasteiger partial charge is 0.173 e. The van der Waals surface area contributed by atoms with Crippen molar-refractivity contribution in [1.82, 2.24) is 4.90 Å². The van der Waals surface area contributed by atoms with Gasteiger partial charge in [-0.05, 0) is 48.6 Å². The number of hydrogen-bond acceptors (Lipinski definition) is 4. The molecule has 0 saturated heterocycles. The number of nitrogens with one attached hydrogen (secondary N) is 1. The average molecular weight is 379 g/mol. The average Bonchev–Trinajstić information content (AvgIpc) is 2.62. The number of rotatable bonds is 3. The molecule has 1 heterocycles. The van der Waals surface area contributed by atoms with Crippen LogP contribution in [0.3, 0.4) is 0 Å². The van der Waals surface area contributed by atoms with E-state index in [-0.39, 0.29) is 0 Å². The molecular weight excluding hydrogens is 360 g/mol. The first-order chi connectivity index (χ1) is 12.0. The number of β-amino-alcohol motifs (C(OH)–C–C–N with tert-alkyl or cyclic N) is 1. The fraction of sp³-hybridized carbons (Fsp3) is 0.278. The molecule has 0 unspecified atom stereocenters. The number of halogens is 1. The van der Waals surface area contributed by atoms with E-state index in [0.29, 0.717) is 34.7 Å². The molecular formula is C18H19ClN2O3S. The predicted octanol–water partition coefficient (Wildman–Crippen LogP) is 3.60. The van der Waals surface area contributed by atoms with Crippen LogP contribution in [0.2, 0.25) is 5.02 Å². The Hall–Kier alpha value is -2.02. The first kappa shape index (κ1) is 17.8. The van der Waals surface area contributed by atoms with Gasteiger partial charge in [0.2, 0.25) is 0 Å². The standard InChI is InChI=1S/C18H19ClN2O3S/c1-23-15-7-8-16(24-2)17-13(15)9-21(10-14(17)22)18(25)20-12-5-3-11(19)4-6-12/h3-8,14,22H,9-10H2,1-2H3,(H,20,25)/t14-/m1/s1. The molecule has 0 bridgehead atoms. The van der Waals surface area contributed by atoms with Crippen molar-refractivity contribution < 1.29 is 14.6 Å². The molecule has 2 aromatic rings. The molecule has 1 atom stereocenters. The number of aliphatic hydroxyl groups is 1. The highest BCUT2D eigenvalue weighted by Gasteiger charge is 2.30. The van der Waals surface area contributed by atoms with Gasteiger partial charge < -0.3 is 24.8 Å². The van der Waals surface area contributed by atoms with E-state index >= 15 is 0 Å². The molecule has 0 aliphatic carbocycles. The van der Waals surface area contributed by atoms with Crippen LogP contribution in [0.5, 0.6) is 11.5 Å². The van der Waals surface area contributed by atoms with E-state index < -0.39 is 6.10 Å². The van der Waals surface area contributed by atoms with E-state index in [9.17, 15) is 5.11 Å². The Labute approximate surface area is 157 Å². The highest BCUT2D eigenvalue weighted by atomic mass is 35.5. The van der Waals surface area contributed by atoms with Crippen molar-refractivity contribution in [1.29, 1.82) is 0 Å². The molecule has 1 aliphatic heterocycles. The number of fused-ring (bicyclic) bond motifs is 1. The normalized spacial score (nSPS) is 16.2. The highest BCUT2D eigenvalue weighted by molar-refractivity contribution is 7.80. The lowest BCUT2D eigenvalue weighted by Gasteiger charge is -2.35. The SMILES string of the molecule is COc1ccc(OC)c2c1CN(C(=S)Nc1ccc(Cl)cc1)C[C@H]2O. The first-order valence-corrected chi connectivity index (χ1v) is 8.55. The van der Waals surface area contributed by atoms with Crippen LogP contribution >= 0.6 is 23.8 Å². The van der Waals surface area contributed by atoms with Crippen molar-refractivity contribution in [2.24, 2.45) is 0 Å². The van der Waals surface area contributed by atoms with Crippen LogP contribution in [0, 0.1) is 0 Å². The van der Waals surface area contributed by atoms with Crippen molar-refractivity contribution in [2.45, 2.75) is 12.6 Å². The van der Waals surface area contributed by atoms with Crippen molar-refractivity contribution in [3.63, 3.8) is 0 Å². The Morgan fingerprint density at radius 2 is 1.80 bits per heavy atom. The molecule has 2 aromatic carbocycles. The van der Waals surface area contributed by atoms with E-state index in [1.807, 2.05) is 23.1 Å². The molecule has 7 heteroatoms. The lowest BCUT2D eigenvalue weighted by molar-refractivity contribution is 0.123. The van der Waals surface area contributed by atoms with Crippen molar-refractivity contribution in [3.8, 4) is 11.5 Å². The minimum absolute atomic E-state index is 0.371. The number of anilines is 1. The van der Waals surface area contributed by atoms with Gasteiger partial charge in [0.15, 0.2) is 5.11 Å². The Morgan fingerprint density at radius 1 is 1.16 bits per heavy atom. The molecule has 0 saturated carbocycles. The van der Waals surface area contributed by atoms with Gasteiger partial charge in [0, 0.05) is 28.4 Å². The molecule has 0 amide bonds. The molecule has 0 fully saturated rings. The monoisotopic (exact) mass is 378 g/mol. The van der Waals surface area contributed by atoms with Crippen molar-refractivity contribution in [2.75, 3.05) is 26.1 Å². The van der Waals surface area contributed by atoms with Gasteiger partial charge in [-0.25, -0.2) is 0 Å². The third-order valence-electron chi connectivity index (χ3n) is 4.17. The largest absolute Gasteiger partial charge is 0.496 e. The zero-order valence-corrected chi connectivity index (χ0v) is 15.5. The van der Waals surface area contributed by atoms with Gasteiger partial charge in [-0.3, -0.25) is 0 Å². The second-order valence-corrected chi connectivity index (χ2v) is 6.52. The van der Waals surface area contributed by atoms with Crippen LogP contribution < -0.4 is 14.8 Å². The number of aliphatic hydroxyl groups excluding tert-OH is 1. The third-order valence-corrected chi connectivity index (χ3v) is 4.78. The second-order valence-electron chi connectivity index (χ2n) is 5.70. The summed E-state index contributed by atoms with van der Waals surface area (Å²) in [5, 5.41) is 15.0. The summed E-state index contributed by atoms with van der Waals surface area (Å²) in [5.41, 5.74) is 2.47. The minimum Gasteiger partial charge on any atom is -0.496 e. The fourth-order valence-electron chi connectivity index (χ4n) is 2.97. The van der Waals surface area contributed by atoms with Crippen LogP contribution in [-0.4, -0.2) is 35.9 Å². The van der Waals surface area contributed by atoms with Gasteiger partial charge in [-0.1, -0.05) is 11.6 Å².